The van der Waals surface area contributed by atoms with Gasteiger partial charge in [0.1, 0.15) is 11.9 Å². The molecule has 0 unspecified atom stereocenters. The van der Waals surface area contributed by atoms with Crippen LogP contribution in [-0.2, 0) is 0 Å². The number of nitro groups is 1. The first-order chi connectivity index (χ1) is 9.54. The first-order valence-electron chi connectivity index (χ1n) is 5.88. The molecule has 6 nitrogen and oxygen atoms in total. The quantitative estimate of drug-likeness (QED) is 0.631. The van der Waals surface area contributed by atoms with E-state index in [1.165, 1.54) is 12.3 Å². The van der Waals surface area contributed by atoms with E-state index in [-0.39, 0.29) is 5.69 Å². The van der Waals surface area contributed by atoms with Crippen molar-refractivity contribution < 1.29 is 4.92 Å². The minimum absolute atomic E-state index is 0.0105. The third-order valence-electron chi connectivity index (χ3n) is 2.99. The Labute approximate surface area is 116 Å². The van der Waals surface area contributed by atoms with E-state index in [9.17, 15) is 10.1 Å². The van der Waals surface area contributed by atoms with E-state index in [0.29, 0.717) is 22.6 Å². The molecule has 1 heterocycles. The van der Waals surface area contributed by atoms with Gasteiger partial charge in [0.2, 0.25) is 0 Å². The van der Waals surface area contributed by atoms with E-state index in [1.54, 1.807) is 43.1 Å². The van der Waals surface area contributed by atoms with Crippen molar-refractivity contribution in [2.75, 3.05) is 11.9 Å². The molecule has 1 aromatic heterocycles. The predicted octanol–water partition coefficient (Wildman–Crippen LogP) is 2.94. The maximum absolute atomic E-state index is 11.0. The Morgan fingerprint density at radius 1 is 1.40 bits per heavy atom. The molecule has 0 saturated carbocycles. The first-order valence-corrected chi connectivity index (χ1v) is 5.88. The lowest BCUT2D eigenvalue weighted by Gasteiger charge is -2.19. The maximum atomic E-state index is 11.0. The average molecular weight is 268 g/mol. The fourth-order valence-electron chi connectivity index (χ4n) is 1.87. The summed E-state index contributed by atoms with van der Waals surface area (Å²) in [6, 6.07) is 10.5. The number of aromatic nitrogens is 1. The van der Waals surface area contributed by atoms with Gasteiger partial charge in [0.15, 0.2) is 0 Å². The molecule has 0 aliphatic heterocycles. The van der Waals surface area contributed by atoms with Gasteiger partial charge in [0.05, 0.1) is 22.2 Å². The summed E-state index contributed by atoms with van der Waals surface area (Å²) in [5.41, 5.74) is 1.65. The molecule has 2 rings (SSSR count). The summed E-state index contributed by atoms with van der Waals surface area (Å²) < 4.78 is 0. The van der Waals surface area contributed by atoms with Crippen LogP contribution < -0.4 is 4.90 Å². The van der Waals surface area contributed by atoms with Gasteiger partial charge in [0.25, 0.3) is 5.69 Å². The van der Waals surface area contributed by atoms with Crippen LogP contribution in [0, 0.1) is 28.4 Å². The molecule has 6 heteroatoms. The molecular weight excluding hydrogens is 256 g/mol. The zero-order valence-electron chi connectivity index (χ0n) is 11.1. The standard InChI is InChI=1S/C14H12N4O2/c1-10-9-16-14(7-13(10)18(19)20)17(2)12-6-4-3-5-11(12)8-15/h3-7,9H,1-2H3. The Balaban J connectivity index is 2.49. The van der Waals surface area contributed by atoms with E-state index in [0.717, 1.165) is 0 Å². The molecular formula is C14H12N4O2. The van der Waals surface area contributed by atoms with Crippen molar-refractivity contribution in [3.05, 3.63) is 57.8 Å². The third kappa shape index (κ3) is 2.42. The van der Waals surface area contributed by atoms with Crippen molar-refractivity contribution in [3.63, 3.8) is 0 Å². The molecule has 0 spiro atoms. The number of hydrogen-bond donors (Lipinski definition) is 0. The second-order valence-electron chi connectivity index (χ2n) is 4.27. The van der Waals surface area contributed by atoms with E-state index in [1.807, 2.05) is 0 Å². The largest absolute Gasteiger partial charge is 0.328 e. The van der Waals surface area contributed by atoms with Gasteiger partial charge in [-0.25, -0.2) is 4.98 Å². The number of nitriles is 1. The van der Waals surface area contributed by atoms with E-state index in [2.05, 4.69) is 11.1 Å². The zero-order chi connectivity index (χ0) is 14.7. The molecule has 0 N–H and O–H groups in total. The SMILES string of the molecule is Cc1cnc(N(C)c2ccccc2C#N)cc1[N+](=O)[O-]. The van der Waals surface area contributed by atoms with Crippen molar-refractivity contribution in [2.45, 2.75) is 6.92 Å². The fraction of sp³-hybridized carbons (Fsp3) is 0.143. The van der Waals surface area contributed by atoms with Gasteiger partial charge in [-0.05, 0) is 19.1 Å². The lowest BCUT2D eigenvalue weighted by molar-refractivity contribution is -0.385. The smallest absolute Gasteiger partial charge is 0.277 e. The first kappa shape index (κ1) is 13.5. The fourth-order valence-corrected chi connectivity index (χ4v) is 1.87. The number of rotatable bonds is 3. The van der Waals surface area contributed by atoms with Crippen molar-refractivity contribution in [1.29, 1.82) is 5.26 Å². The number of anilines is 2. The molecule has 0 radical (unpaired) electrons. The third-order valence-corrected chi connectivity index (χ3v) is 2.99. The normalized spacial score (nSPS) is 9.85. The number of pyridine rings is 1. The average Bonchev–Trinajstić information content (AvgIpc) is 2.46. The Morgan fingerprint density at radius 3 is 2.75 bits per heavy atom. The second kappa shape index (κ2) is 5.36. The van der Waals surface area contributed by atoms with Crippen LogP contribution in [0.1, 0.15) is 11.1 Å². The summed E-state index contributed by atoms with van der Waals surface area (Å²) in [5.74, 6) is 0.421. The van der Waals surface area contributed by atoms with Crippen LogP contribution in [0.4, 0.5) is 17.2 Å². The summed E-state index contributed by atoms with van der Waals surface area (Å²) in [6.07, 6.45) is 1.46. The molecule has 100 valence electrons. The number of hydrogen-bond acceptors (Lipinski definition) is 5. The summed E-state index contributed by atoms with van der Waals surface area (Å²) in [6.45, 7) is 1.64. The predicted molar refractivity (Wildman–Crippen MR) is 74.8 cm³/mol. The topological polar surface area (TPSA) is 83.1 Å². The van der Waals surface area contributed by atoms with Crippen molar-refractivity contribution in [3.8, 4) is 6.07 Å². The van der Waals surface area contributed by atoms with Crippen LogP contribution in [0.3, 0.4) is 0 Å². The summed E-state index contributed by atoms with van der Waals surface area (Å²) >= 11 is 0. The Morgan fingerprint density at radius 2 is 2.10 bits per heavy atom. The van der Waals surface area contributed by atoms with E-state index in [4.69, 9.17) is 5.26 Å². The molecule has 0 aliphatic rings. The summed E-state index contributed by atoms with van der Waals surface area (Å²) in [5, 5.41) is 20.1. The molecule has 0 bridgehead atoms. The van der Waals surface area contributed by atoms with Crippen LogP contribution in [0.25, 0.3) is 0 Å². The Hall–Kier alpha value is -2.94. The minimum atomic E-state index is -0.440. The number of nitrogens with zero attached hydrogens (tertiary/aromatic N) is 4. The summed E-state index contributed by atoms with van der Waals surface area (Å²) in [4.78, 5) is 16.4. The van der Waals surface area contributed by atoms with Crippen LogP contribution in [0.5, 0.6) is 0 Å². The van der Waals surface area contributed by atoms with Crippen LogP contribution in [-0.4, -0.2) is 17.0 Å². The lowest BCUT2D eigenvalue weighted by atomic mass is 10.1. The second-order valence-corrected chi connectivity index (χ2v) is 4.27. The monoisotopic (exact) mass is 268 g/mol. The number of aryl methyl sites for hydroxylation is 1. The molecule has 0 atom stereocenters. The highest BCUT2D eigenvalue weighted by molar-refractivity contribution is 5.68. The molecule has 1 aromatic carbocycles. The van der Waals surface area contributed by atoms with Crippen LogP contribution in [0.15, 0.2) is 36.5 Å². The zero-order valence-corrected chi connectivity index (χ0v) is 11.1. The minimum Gasteiger partial charge on any atom is -0.328 e. The molecule has 0 aliphatic carbocycles. The molecule has 0 fully saturated rings. The van der Waals surface area contributed by atoms with Gasteiger partial charge in [-0.15, -0.1) is 0 Å². The number of benzene rings is 1. The highest BCUT2D eigenvalue weighted by Crippen LogP contribution is 2.28. The lowest BCUT2D eigenvalue weighted by Crippen LogP contribution is -2.13. The number of para-hydroxylation sites is 1. The van der Waals surface area contributed by atoms with Gasteiger partial charge in [-0.3, -0.25) is 10.1 Å². The molecule has 0 saturated heterocycles. The van der Waals surface area contributed by atoms with Crippen LogP contribution >= 0.6 is 0 Å². The summed E-state index contributed by atoms with van der Waals surface area (Å²) in [7, 11) is 1.72. The van der Waals surface area contributed by atoms with Gasteiger partial charge >= 0.3 is 0 Å². The Kier molecular flexibility index (Phi) is 3.62. The molecule has 2 aromatic rings. The molecule has 0 amide bonds. The van der Waals surface area contributed by atoms with Crippen molar-refractivity contribution in [2.24, 2.45) is 0 Å². The molecule has 20 heavy (non-hydrogen) atoms. The van der Waals surface area contributed by atoms with E-state index < -0.39 is 4.92 Å². The van der Waals surface area contributed by atoms with Gasteiger partial charge in [-0.2, -0.15) is 5.26 Å². The van der Waals surface area contributed by atoms with Gasteiger partial charge < -0.3 is 4.90 Å². The van der Waals surface area contributed by atoms with Gasteiger partial charge in [0, 0.05) is 18.8 Å². The highest BCUT2D eigenvalue weighted by atomic mass is 16.6. The van der Waals surface area contributed by atoms with Crippen molar-refractivity contribution >= 4 is 17.2 Å². The maximum Gasteiger partial charge on any atom is 0.277 e. The Bertz CT molecular complexity index is 707. The van der Waals surface area contributed by atoms with Crippen LogP contribution in [0.2, 0.25) is 0 Å². The highest BCUT2D eigenvalue weighted by Gasteiger charge is 2.16. The van der Waals surface area contributed by atoms with Gasteiger partial charge in [-0.1, -0.05) is 12.1 Å². The van der Waals surface area contributed by atoms with E-state index >= 15 is 0 Å². The van der Waals surface area contributed by atoms with Crippen molar-refractivity contribution in [1.82, 2.24) is 4.98 Å².